The fraction of sp³-hybridized carbons (Fsp3) is 0.650. The average Bonchev–Trinajstić information content (AvgIpc) is 2.58. The lowest BCUT2D eigenvalue weighted by Crippen LogP contribution is -2.61. The molecule has 1 aromatic carbocycles. The average molecular weight is 362 g/mol. The molecule has 1 heterocycles. The third kappa shape index (κ3) is 3.83. The minimum atomic E-state index is -1.88. The van der Waals surface area contributed by atoms with Gasteiger partial charge in [0.05, 0.1) is 17.7 Å². The Hall–Kier alpha value is -1.17. The molecule has 0 saturated heterocycles. The molecule has 3 rings (SSSR count). The highest BCUT2D eigenvalue weighted by atomic mass is 28.4. The molecule has 4 nitrogen and oxygen atoms in total. The number of hydrogen-bond acceptors (Lipinski definition) is 4. The van der Waals surface area contributed by atoms with Crippen LogP contribution < -0.4 is 0 Å². The molecule has 1 unspecified atom stereocenters. The van der Waals surface area contributed by atoms with Gasteiger partial charge in [0.1, 0.15) is 0 Å². The van der Waals surface area contributed by atoms with E-state index in [0.29, 0.717) is 6.61 Å². The molecular formula is C20H31NO3Si. The molecular weight excluding hydrogens is 330 g/mol. The first-order valence-corrected chi connectivity index (χ1v) is 13.0. The summed E-state index contributed by atoms with van der Waals surface area (Å²) in [5.74, 6) is -1.04. The van der Waals surface area contributed by atoms with E-state index in [2.05, 4.69) is 36.9 Å². The molecule has 1 saturated carbocycles. The van der Waals surface area contributed by atoms with Crippen LogP contribution in [0.5, 0.6) is 0 Å². The van der Waals surface area contributed by atoms with Crippen molar-refractivity contribution in [2.75, 3.05) is 6.61 Å². The molecule has 0 radical (unpaired) electrons. The Morgan fingerprint density at radius 2 is 1.76 bits per heavy atom. The highest BCUT2D eigenvalue weighted by Crippen LogP contribution is 2.54. The van der Waals surface area contributed by atoms with Crippen molar-refractivity contribution < 1.29 is 14.0 Å². The maximum atomic E-state index is 6.57. The summed E-state index contributed by atoms with van der Waals surface area (Å²) in [4.78, 5) is 6.12. The molecule has 5 heteroatoms. The summed E-state index contributed by atoms with van der Waals surface area (Å²) < 4.78 is 12.8. The molecule has 25 heavy (non-hydrogen) atoms. The Labute approximate surface area is 152 Å². The Morgan fingerprint density at radius 1 is 1.08 bits per heavy atom. The van der Waals surface area contributed by atoms with Crippen LogP contribution in [0, 0.1) is 5.41 Å². The normalized spacial score (nSPS) is 26.2. The number of benzene rings is 1. The maximum absolute atomic E-state index is 6.57. The topological polar surface area (TPSA) is 40.0 Å². The van der Waals surface area contributed by atoms with Crippen LogP contribution in [-0.4, -0.2) is 26.6 Å². The highest BCUT2D eigenvalue weighted by Gasteiger charge is 2.61. The van der Waals surface area contributed by atoms with Crippen molar-refractivity contribution in [3.63, 3.8) is 0 Å². The van der Waals surface area contributed by atoms with Gasteiger partial charge in [0.25, 0.3) is 0 Å². The van der Waals surface area contributed by atoms with Crippen LogP contribution in [0.25, 0.3) is 0 Å². The van der Waals surface area contributed by atoms with Gasteiger partial charge >= 0.3 is 5.97 Å². The van der Waals surface area contributed by atoms with E-state index in [4.69, 9.17) is 14.0 Å². The van der Waals surface area contributed by atoms with Crippen LogP contribution in [0.4, 0.5) is 0 Å². The van der Waals surface area contributed by atoms with Crippen molar-refractivity contribution in [1.82, 2.24) is 0 Å². The summed E-state index contributed by atoms with van der Waals surface area (Å²) >= 11 is 0. The number of ether oxygens (including phenoxy) is 1. The predicted octanol–water partition coefficient (Wildman–Crippen LogP) is 5.30. The zero-order valence-electron chi connectivity index (χ0n) is 16.0. The lowest BCUT2D eigenvalue weighted by molar-refractivity contribution is -0.411. The molecule has 1 fully saturated rings. The molecule has 0 N–H and O–H groups in total. The number of hydrogen-bond donors (Lipinski definition) is 0. The first kappa shape index (κ1) is 18.6. The van der Waals surface area contributed by atoms with E-state index in [1.54, 1.807) is 0 Å². The van der Waals surface area contributed by atoms with Gasteiger partial charge in [-0.15, -0.1) is 0 Å². The third-order valence-electron chi connectivity index (χ3n) is 5.12. The summed E-state index contributed by atoms with van der Waals surface area (Å²) in [7, 11) is -1.88. The minimum Gasteiger partial charge on any atom is -0.358 e. The van der Waals surface area contributed by atoms with Gasteiger partial charge in [0.15, 0.2) is 8.32 Å². The van der Waals surface area contributed by atoms with Gasteiger partial charge in [-0.25, -0.2) is 0 Å². The summed E-state index contributed by atoms with van der Waals surface area (Å²) in [6.07, 6.45) is 6.62. The van der Waals surface area contributed by atoms with Crippen LogP contribution >= 0.6 is 0 Å². The first-order valence-electron chi connectivity index (χ1n) is 9.54. The van der Waals surface area contributed by atoms with Gasteiger partial charge in [0, 0.05) is 6.42 Å². The lowest BCUT2D eigenvalue weighted by Gasteiger charge is -2.52. The number of oxime groups is 1. The van der Waals surface area contributed by atoms with Crippen molar-refractivity contribution in [3.05, 3.63) is 35.9 Å². The van der Waals surface area contributed by atoms with E-state index in [1.165, 1.54) is 19.3 Å². The second kappa shape index (κ2) is 7.21. The molecule has 0 amide bonds. The largest absolute Gasteiger partial charge is 0.358 e. The molecule has 1 atom stereocenters. The van der Waals surface area contributed by atoms with Gasteiger partial charge < -0.3 is 14.0 Å². The quantitative estimate of drug-likeness (QED) is 0.527. The van der Waals surface area contributed by atoms with Crippen molar-refractivity contribution >= 4 is 14.0 Å². The Morgan fingerprint density at radius 3 is 2.36 bits per heavy atom. The van der Waals surface area contributed by atoms with Crippen molar-refractivity contribution in [1.29, 1.82) is 0 Å². The van der Waals surface area contributed by atoms with E-state index in [-0.39, 0.29) is 5.41 Å². The molecule has 1 aliphatic carbocycles. The highest BCUT2D eigenvalue weighted by molar-refractivity contribution is 6.69. The van der Waals surface area contributed by atoms with Crippen molar-refractivity contribution in [3.8, 4) is 0 Å². The van der Waals surface area contributed by atoms with Crippen LogP contribution in [-0.2, 0) is 14.0 Å². The Kier molecular flexibility index (Phi) is 5.37. The fourth-order valence-electron chi connectivity index (χ4n) is 4.10. The summed E-state index contributed by atoms with van der Waals surface area (Å²) in [6, 6.07) is 10.3. The van der Waals surface area contributed by atoms with E-state index < -0.39 is 14.3 Å². The molecule has 0 aromatic heterocycles. The van der Waals surface area contributed by atoms with Crippen LogP contribution in [0.3, 0.4) is 0 Å². The van der Waals surface area contributed by atoms with Crippen molar-refractivity contribution in [2.24, 2.45) is 10.6 Å². The number of rotatable bonds is 5. The molecule has 1 spiro atoms. The zero-order chi connectivity index (χ0) is 18.0. The standard InChI is InChI=1S/C20H31NO3Si/c1-5-22-20(24-25(2,3)4)19(14-10-7-11-15-19)16-18(21-23-20)17-12-8-6-9-13-17/h6,8-9,12-13H,5,7,10-11,14-16H2,1-4H3. The molecule has 1 aromatic rings. The minimum absolute atomic E-state index is 0.158. The van der Waals surface area contributed by atoms with Crippen molar-refractivity contribution in [2.45, 2.75) is 71.1 Å². The van der Waals surface area contributed by atoms with Crippen LogP contribution in [0.2, 0.25) is 19.6 Å². The second-order valence-electron chi connectivity index (χ2n) is 8.22. The zero-order valence-corrected chi connectivity index (χ0v) is 17.0. The second-order valence-corrected chi connectivity index (χ2v) is 12.6. The van der Waals surface area contributed by atoms with Gasteiger partial charge in [-0.2, -0.15) is 0 Å². The van der Waals surface area contributed by atoms with E-state index in [0.717, 1.165) is 30.5 Å². The summed E-state index contributed by atoms with van der Waals surface area (Å²) in [5, 5.41) is 4.49. The van der Waals surface area contributed by atoms with Gasteiger partial charge in [0.2, 0.25) is 0 Å². The first-order chi connectivity index (χ1) is 11.9. The van der Waals surface area contributed by atoms with E-state index in [1.807, 2.05) is 25.1 Å². The molecule has 2 aliphatic rings. The smallest absolute Gasteiger partial charge is 0.347 e. The van der Waals surface area contributed by atoms with E-state index in [9.17, 15) is 0 Å². The summed E-state index contributed by atoms with van der Waals surface area (Å²) in [5.41, 5.74) is 1.98. The van der Waals surface area contributed by atoms with Crippen LogP contribution in [0.1, 0.15) is 51.0 Å². The predicted molar refractivity (Wildman–Crippen MR) is 103 cm³/mol. The Balaban J connectivity index is 2.02. The molecule has 1 aliphatic heterocycles. The monoisotopic (exact) mass is 361 g/mol. The maximum Gasteiger partial charge on any atom is 0.347 e. The molecule has 138 valence electrons. The van der Waals surface area contributed by atoms with Gasteiger partial charge in [-0.1, -0.05) is 54.8 Å². The van der Waals surface area contributed by atoms with E-state index >= 15 is 0 Å². The SMILES string of the molecule is CCOC1(O[Si](C)(C)C)ON=C(c2ccccc2)CC12CCCCC2. The third-order valence-corrected chi connectivity index (χ3v) is 6.01. The number of nitrogens with zero attached hydrogens (tertiary/aromatic N) is 1. The summed E-state index contributed by atoms with van der Waals surface area (Å²) in [6.45, 7) is 9.12. The Bertz CT molecular complexity index is 605. The molecule has 0 bridgehead atoms. The fourth-order valence-corrected chi connectivity index (χ4v) is 5.22. The van der Waals surface area contributed by atoms with Crippen LogP contribution in [0.15, 0.2) is 35.5 Å². The van der Waals surface area contributed by atoms with Gasteiger partial charge in [-0.05, 0) is 45.0 Å². The lowest BCUT2D eigenvalue weighted by atomic mass is 9.67. The van der Waals surface area contributed by atoms with Gasteiger partial charge in [-0.3, -0.25) is 0 Å².